The zero-order chi connectivity index (χ0) is 21.3. The van der Waals surface area contributed by atoms with Gasteiger partial charge in [-0.3, -0.25) is 0 Å². The van der Waals surface area contributed by atoms with E-state index in [1.165, 1.54) is 12.1 Å². The molecule has 154 valence electrons. The van der Waals surface area contributed by atoms with Gasteiger partial charge in [0.15, 0.2) is 0 Å². The van der Waals surface area contributed by atoms with E-state index in [9.17, 15) is 14.3 Å². The summed E-state index contributed by atoms with van der Waals surface area (Å²) in [4.78, 5) is 12.2. The molecule has 2 aromatic carbocycles. The van der Waals surface area contributed by atoms with Crippen LogP contribution >= 0.6 is 0 Å². The molecule has 0 saturated heterocycles. The van der Waals surface area contributed by atoms with Gasteiger partial charge in [0, 0.05) is 29.6 Å². The lowest BCUT2D eigenvalue weighted by molar-refractivity contribution is 0.0685. The molecule has 0 spiro atoms. The topological polar surface area (TPSA) is 67.4 Å². The van der Waals surface area contributed by atoms with E-state index in [2.05, 4.69) is 5.32 Å². The Bertz CT molecular complexity index is 1220. The highest BCUT2D eigenvalue weighted by molar-refractivity contribution is 5.98. The van der Waals surface area contributed by atoms with Crippen LogP contribution in [0.5, 0.6) is 0 Å². The Labute approximate surface area is 173 Å². The van der Waals surface area contributed by atoms with Crippen LogP contribution in [0, 0.1) is 19.7 Å². The van der Waals surface area contributed by atoms with Gasteiger partial charge in [0.2, 0.25) is 0 Å². The lowest BCUT2D eigenvalue weighted by Crippen LogP contribution is -2.17. The van der Waals surface area contributed by atoms with E-state index in [4.69, 9.17) is 4.42 Å². The first-order chi connectivity index (χ1) is 14.4. The second-order valence-corrected chi connectivity index (χ2v) is 7.48. The Kier molecular flexibility index (Phi) is 5.42. The second-order valence-electron chi connectivity index (χ2n) is 7.48. The van der Waals surface area contributed by atoms with Crippen molar-refractivity contribution >= 4 is 16.9 Å². The quantitative estimate of drug-likeness (QED) is 0.452. The van der Waals surface area contributed by atoms with Gasteiger partial charge in [0.25, 0.3) is 0 Å². The summed E-state index contributed by atoms with van der Waals surface area (Å²) in [6.07, 6.45) is 0. The molecular weight excluding hydrogens is 383 g/mol. The first kappa shape index (κ1) is 19.9. The van der Waals surface area contributed by atoms with Gasteiger partial charge in [-0.1, -0.05) is 24.3 Å². The molecule has 0 radical (unpaired) electrons. The van der Waals surface area contributed by atoms with Gasteiger partial charge < -0.3 is 19.4 Å². The van der Waals surface area contributed by atoms with Crippen molar-refractivity contribution in [3.63, 3.8) is 0 Å². The molecule has 0 fully saturated rings. The Balaban J connectivity index is 1.74. The summed E-state index contributed by atoms with van der Waals surface area (Å²) in [6.45, 7) is 4.99. The van der Waals surface area contributed by atoms with Crippen molar-refractivity contribution in [1.82, 2.24) is 9.88 Å². The Morgan fingerprint density at radius 3 is 2.63 bits per heavy atom. The molecule has 0 aliphatic carbocycles. The van der Waals surface area contributed by atoms with Crippen LogP contribution in [0.1, 0.15) is 38.7 Å². The van der Waals surface area contributed by atoms with Crippen molar-refractivity contribution < 1.29 is 18.7 Å². The number of aromatic nitrogens is 1. The maximum atomic E-state index is 13.7. The Morgan fingerprint density at radius 2 is 1.93 bits per heavy atom. The molecule has 2 aromatic heterocycles. The van der Waals surface area contributed by atoms with Crippen molar-refractivity contribution in [1.29, 1.82) is 0 Å². The molecule has 4 rings (SSSR count). The fraction of sp³-hybridized carbons (Fsp3) is 0.208. The molecule has 30 heavy (non-hydrogen) atoms. The SMILES string of the molecule is Cc1ccc2c(CNCc3ccc(C)o3)c(C(=O)O)n(Cc3cccc(F)c3)c2c1. The fourth-order valence-electron chi connectivity index (χ4n) is 3.83. The van der Waals surface area contributed by atoms with Gasteiger partial charge in [0.1, 0.15) is 23.0 Å². The van der Waals surface area contributed by atoms with Crippen LogP contribution in [-0.4, -0.2) is 15.6 Å². The number of carboxylic acid groups (broad SMARTS) is 1. The zero-order valence-corrected chi connectivity index (χ0v) is 16.9. The molecule has 6 heteroatoms. The van der Waals surface area contributed by atoms with Gasteiger partial charge in [-0.15, -0.1) is 0 Å². The number of aromatic carboxylic acids is 1. The minimum atomic E-state index is -1.01. The van der Waals surface area contributed by atoms with Crippen molar-refractivity contribution in [2.45, 2.75) is 33.5 Å². The van der Waals surface area contributed by atoms with Crippen molar-refractivity contribution in [2.24, 2.45) is 0 Å². The lowest BCUT2D eigenvalue weighted by Gasteiger charge is -2.10. The third-order valence-electron chi connectivity index (χ3n) is 5.15. The van der Waals surface area contributed by atoms with E-state index in [-0.39, 0.29) is 18.1 Å². The average molecular weight is 406 g/mol. The number of nitrogens with one attached hydrogen (secondary N) is 1. The van der Waals surface area contributed by atoms with Crippen LogP contribution in [-0.2, 0) is 19.6 Å². The van der Waals surface area contributed by atoms with Crippen molar-refractivity contribution in [3.8, 4) is 0 Å². The molecule has 5 nitrogen and oxygen atoms in total. The molecule has 0 aliphatic heterocycles. The summed E-state index contributed by atoms with van der Waals surface area (Å²) in [5.41, 5.74) is 3.48. The molecule has 2 heterocycles. The lowest BCUT2D eigenvalue weighted by atomic mass is 10.1. The van der Waals surface area contributed by atoms with Crippen molar-refractivity contribution in [2.75, 3.05) is 0 Å². The smallest absolute Gasteiger partial charge is 0.352 e. The summed E-state index contributed by atoms with van der Waals surface area (Å²) in [6, 6.07) is 15.9. The van der Waals surface area contributed by atoms with E-state index in [1.807, 2.05) is 44.2 Å². The zero-order valence-electron chi connectivity index (χ0n) is 16.9. The standard InChI is InChI=1S/C24H23FN2O3/c1-15-6-9-20-21(13-26-12-19-8-7-16(2)30-19)23(24(28)29)27(22(20)10-15)14-17-4-3-5-18(25)11-17/h3-11,26H,12-14H2,1-2H3,(H,28,29). The van der Waals surface area contributed by atoms with E-state index in [1.54, 1.807) is 16.7 Å². The number of carbonyl (C=O) groups is 1. The normalized spacial score (nSPS) is 11.3. The maximum Gasteiger partial charge on any atom is 0.352 e. The van der Waals surface area contributed by atoms with Crippen LogP contribution in [0.4, 0.5) is 4.39 Å². The summed E-state index contributed by atoms with van der Waals surface area (Å²) < 4.78 is 21.0. The maximum absolute atomic E-state index is 13.7. The number of halogens is 1. The third kappa shape index (κ3) is 4.00. The summed E-state index contributed by atoms with van der Waals surface area (Å²) in [5, 5.41) is 14.2. The fourth-order valence-corrected chi connectivity index (χ4v) is 3.83. The van der Waals surface area contributed by atoms with Crippen LogP contribution in [0.2, 0.25) is 0 Å². The number of furan rings is 1. The van der Waals surface area contributed by atoms with Gasteiger partial charge >= 0.3 is 5.97 Å². The van der Waals surface area contributed by atoms with E-state index < -0.39 is 5.97 Å². The Morgan fingerprint density at radius 1 is 1.10 bits per heavy atom. The molecule has 0 unspecified atom stereocenters. The van der Waals surface area contributed by atoms with Crippen molar-refractivity contribution in [3.05, 3.63) is 94.3 Å². The first-order valence-corrected chi connectivity index (χ1v) is 9.78. The number of fused-ring (bicyclic) bond motifs is 1. The van der Waals surface area contributed by atoms with Crippen LogP contribution in [0.3, 0.4) is 0 Å². The number of benzene rings is 2. The van der Waals surface area contributed by atoms with Gasteiger partial charge in [-0.25, -0.2) is 9.18 Å². The van der Waals surface area contributed by atoms with Crippen LogP contribution in [0.25, 0.3) is 10.9 Å². The molecule has 0 atom stereocenters. The largest absolute Gasteiger partial charge is 0.477 e. The molecular formula is C24H23FN2O3. The number of aryl methyl sites for hydroxylation is 2. The summed E-state index contributed by atoms with van der Waals surface area (Å²) in [7, 11) is 0. The highest BCUT2D eigenvalue weighted by atomic mass is 19.1. The summed E-state index contributed by atoms with van der Waals surface area (Å²) in [5.74, 6) is 0.280. The average Bonchev–Trinajstić information content (AvgIpc) is 3.23. The highest BCUT2D eigenvalue weighted by Crippen LogP contribution is 2.29. The molecule has 0 bridgehead atoms. The first-order valence-electron chi connectivity index (χ1n) is 9.78. The predicted octanol–water partition coefficient (Wildman–Crippen LogP) is 5.03. The number of carboxylic acids is 1. The van der Waals surface area contributed by atoms with Gasteiger partial charge in [-0.05, 0) is 55.3 Å². The molecule has 0 amide bonds. The number of nitrogens with zero attached hydrogens (tertiary/aromatic N) is 1. The van der Waals surface area contributed by atoms with E-state index in [0.29, 0.717) is 24.2 Å². The van der Waals surface area contributed by atoms with Crippen LogP contribution < -0.4 is 5.32 Å². The second kappa shape index (κ2) is 8.16. The van der Waals surface area contributed by atoms with E-state index >= 15 is 0 Å². The highest BCUT2D eigenvalue weighted by Gasteiger charge is 2.22. The minimum absolute atomic E-state index is 0.211. The monoisotopic (exact) mass is 406 g/mol. The Hall–Kier alpha value is -3.38. The molecule has 2 N–H and O–H groups in total. The molecule has 0 aliphatic rings. The molecule has 0 saturated carbocycles. The number of hydrogen-bond acceptors (Lipinski definition) is 3. The summed E-state index contributed by atoms with van der Waals surface area (Å²) >= 11 is 0. The third-order valence-corrected chi connectivity index (χ3v) is 5.15. The number of rotatable bonds is 7. The van der Waals surface area contributed by atoms with Crippen LogP contribution in [0.15, 0.2) is 59.0 Å². The van der Waals surface area contributed by atoms with Gasteiger partial charge in [-0.2, -0.15) is 0 Å². The van der Waals surface area contributed by atoms with Gasteiger partial charge in [0.05, 0.1) is 6.54 Å². The molecule has 4 aromatic rings. The number of hydrogen-bond donors (Lipinski definition) is 2. The minimum Gasteiger partial charge on any atom is -0.477 e. The predicted molar refractivity (Wildman–Crippen MR) is 113 cm³/mol. The van der Waals surface area contributed by atoms with E-state index in [0.717, 1.165) is 28.0 Å².